The molecule has 0 unspecified atom stereocenters. The zero-order valence-corrected chi connectivity index (χ0v) is 15.7. The topological polar surface area (TPSA) is 62.1 Å². The summed E-state index contributed by atoms with van der Waals surface area (Å²) in [6, 6.07) is 3.98. The van der Waals surface area contributed by atoms with Crippen molar-refractivity contribution in [1.82, 2.24) is 9.80 Å². The second-order valence-electron chi connectivity index (χ2n) is 7.10. The van der Waals surface area contributed by atoms with E-state index in [2.05, 4.69) is 28.3 Å². The first-order valence-electron chi connectivity index (χ1n) is 9.20. The van der Waals surface area contributed by atoms with Crippen LogP contribution in [0.1, 0.15) is 18.4 Å². The van der Waals surface area contributed by atoms with Gasteiger partial charge in [0.2, 0.25) is 0 Å². The molecule has 0 atom stereocenters. The van der Waals surface area contributed by atoms with E-state index in [-0.39, 0.29) is 5.69 Å². The molecule has 2 saturated heterocycles. The second kappa shape index (κ2) is 8.05. The average molecular weight is 360 g/mol. The van der Waals surface area contributed by atoms with E-state index in [1.54, 1.807) is 18.2 Å². The normalized spacial score (nSPS) is 20.2. The summed E-state index contributed by atoms with van der Waals surface area (Å²) >= 11 is 0. The largest absolute Gasteiger partial charge is 0.490 e. The summed E-state index contributed by atoms with van der Waals surface area (Å²) in [6.07, 6.45) is 3.91. The molecular formula is C19H28N4O3. The predicted octanol–water partition coefficient (Wildman–Crippen LogP) is 2.46. The highest BCUT2D eigenvalue weighted by atomic mass is 16.6. The molecule has 1 aromatic rings. The zero-order valence-electron chi connectivity index (χ0n) is 15.7. The van der Waals surface area contributed by atoms with Crippen LogP contribution in [0.3, 0.4) is 0 Å². The van der Waals surface area contributed by atoms with Crippen LogP contribution in [0.2, 0.25) is 0 Å². The first-order chi connectivity index (χ1) is 12.5. The van der Waals surface area contributed by atoms with Crippen molar-refractivity contribution in [3.63, 3.8) is 0 Å². The summed E-state index contributed by atoms with van der Waals surface area (Å²) in [7, 11) is 3.65. The first-order valence-corrected chi connectivity index (χ1v) is 9.20. The number of likely N-dealkylation sites (N-methyl/N-ethyl adjacent to an activating group) is 1. The Bertz CT molecular complexity index is 663. The van der Waals surface area contributed by atoms with E-state index >= 15 is 0 Å². The van der Waals surface area contributed by atoms with Gasteiger partial charge >= 0.3 is 5.69 Å². The van der Waals surface area contributed by atoms with Gasteiger partial charge in [0, 0.05) is 68.7 Å². The van der Waals surface area contributed by atoms with Gasteiger partial charge in [0.25, 0.3) is 0 Å². The summed E-state index contributed by atoms with van der Waals surface area (Å²) in [4.78, 5) is 18.1. The average Bonchev–Trinajstić information content (AvgIpc) is 2.67. The Morgan fingerprint density at radius 3 is 2.38 bits per heavy atom. The number of piperidine rings is 1. The van der Waals surface area contributed by atoms with Crippen LogP contribution >= 0.6 is 0 Å². The van der Waals surface area contributed by atoms with Crippen molar-refractivity contribution in [2.75, 3.05) is 58.3 Å². The van der Waals surface area contributed by atoms with Crippen LogP contribution in [-0.2, 0) is 0 Å². The molecular weight excluding hydrogens is 332 g/mol. The molecule has 2 heterocycles. The van der Waals surface area contributed by atoms with Gasteiger partial charge in [-0.3, -0.25) is 15.0 Å². The van der Waals surface area contributed by atoms with Gasteiger partial charge in [-0.2, -0.15) is 0 Å². The van der Waals surface area contributed by atoms with E-state index in [1.807, 2.05) is 0 Å². The number of ether oxygens (including phenoxy) is 1. The molecule has 0 saturated carbocycles. The number of piperazine rings is 1. The molecule has 0 N–H and O–H groups in total. The summed E-state index contributed by atoms with van der Waals surface area (Å²) in [5, 5.41) is 11.2. The Balaban J connectivity index is 1.72. The molecule has 0 spiro atoms. The number of rotatable bonds is 5. The summed E-state index contributed by atoms with van der Waals surface area (Å²) in [6.45, 7) is 10.3. The lowest BCUT2D eigenvalue weighted by Crippen LogP contribution is -2.52. The third-order valence-electron chi connectivity index (χ3n) is 5.60. The highest BCUT2D eigenvalue weighted by Crippen LogP contribution is 2.37. The van der Waals surface area contributed by atoms with Crippen LogP contribution in [0.25, 0.3) is 6.08 Å². The van der Waals surface area contributed by atoms with Crippen molar-refractivity contribution >= 4 is 17.5 Å². The summed E-state index contributed by atoms with van der Waals surface area (Å²) in [5.41, 5.74) is 1.74. The lowest BCUT2D eigenvalue weighted by molar-refractivity contribution is -0.385. The highest BCUT2D eigenvalue weighted by molar-refractivity contribution is 5.73. The molecule has 7 nitrogen and oxygen atoms in total. The third-order valence-corrected chi connectivity index (χ3v) is 5.60. The van der Waals surface area contributed by atoms with E-state index < -0.39 is 4.92 Å². The molecule has 142 valence electrons. The van der Waals surface area contributed by atoms with Crippen molar-refractivity contribution in [1.29, 1.82) is 0 Å². The van der Waals surface area contributed by atoms with Crippen molar-refractivity contribution < 1.29 is 9.66 Å². The maximum atomic E-state index is 11.2. The number of nitro benzene ring substituents is 1. The first kappa shape index (κ1) is 18.7. The van der Waals surface area contributed by atoms with Crippen molar-refractivity contribution in [2.45, 2.75) is 18.9 Å². The number of hydrogen-bond donors (Lipinski definition) is 0. The number of methoxy groups -OCH3 is 1. The van der Waals surface area contributed by atoms with E-state index in [9.17, 15) is 10.1 Å². The fraction of sp³-hybridized carbons (Fsp3) is 0.579. The smallest absolute Gasteiger partial charge is 0.311 e. The van der Waals surface area contributed by atoms with Gasteiger partial charge in [0.1, 0.15) is 0 Å². The van der Waals surface area contributed by atoms with Crippen LogP contribution in [0.15, 0.2) is 18.7 Å². The molecule has 2 aliphatic heterocycles. The van der Waals surface area contributed by atoms with Gasteiger partial charge in [0.15, 0.2) is 5.75 Å². The number of nitrogens with zero attached hydrogens (tertiary/aromatic N) is 4. The minimum atomic E-state index is -0.408. The SMILES string of the molecule is C=Cc1cc([N+](=O)[O-])c(OC)cc1N1CCC(N2CCN(C)CC2)CC1. The Hall–Kier alpha value is -2.12. The van der Waals surface area contributed by atoms with Gasteiger partial charge in [-0.25, -0.2) is 0 Å². The lowest BCUT2D eigenvalue weighted by atomic mass is 10.00. The Morgan fingerprint density at radius 1 is 1.19 bits per heavy atom. The van der Waals surface area contributed by atoms with Gasteiger partial charge in [-0.05, 0) is 19.9 Å². The standard InChI is InChI=1S/C19H28N4O3/c1-4-15-13-18(23(24)25)19(26-3)14-17(15)22-7-5-16(6-8-22)21-11-9-20(2)10-12-21/h4,13-14,16H,1,5-12H2,2-3H3. The molecule has 0 radical (unpaired) electrons. The Labute approximate surface area is 155 Å². The molecule has 0 amide bonds. The molecule has 3 rings (SSSR count). The molecule has 7 heteroatoms. The van der Waals surface area contributed by atoms with Crippen LogP contribution in [0.4, 0.5) is 11.4 Å². The molecule has 0 aliphatic carbocycles. The summed E-state index contributed by atoms with van der Waals surface area (Å²) in [5.74, 6) is 0.303. The van der Waals surface area contributed by atoms with Crippen molar-refractivity contribution in [3.8, 4) is 5.75 Å². The minimum absolute atomic E-state index is 0.0153. The van der Waals surface area contributed by atoms with Crippen LogP contribution in [0.5, 0.6) is 5.75 Å². The van der Waals surface area contributed by atoms with Crippen LogP contribution in [0, 0.1) is 10.1 Å². The fourth-order valence-electron chi connectivity index (χ4n) is 3.98. The molecule has 26 heavy (non-hydrogen) atoms. The lowest BCUT2D eigenvalue weighted by Gasteiger charge is -2.42. The summed E-state index contributed by atoms with van der Waals surface area (Å²) < 4.78 is 5.25. The maximum Gasteiger partial charge on any atom is 0.311 e. The van der Waals surface area contributed by atoms with Crippen molar-refractivity contribution in [2.24, 2.45) is 0 Å². The quantitative estimate of drug-likeness (QED) is 0.594. The second-order valence-corrected chi connectivity index (χ2v) is 7.10. The highest BCUT2D eigenvalue weighted by Gasteiger charge is 2.28. The third kappa shape index (κ3) is 3.83. The van der Waals surface area contributed by atoms with Crippen LogP contribution < -0.4 is 9.64 Å². The molecule has 0 aromatic heterocycles. The molecule has 2 aliphatic rings. The van der Waals surface area contributed by atoms with E-state index in [0.717, 1.165) is 63.4 Å². The predicted molar refractivity (Wildman–Crippen MR) is 104 cm³/mol. The zero-order chi connectivity index (χ0) is 18.7. The monoisotopic (exact) mass is 360 g/mol. The van der Waals surface area contributed by atoms with Gasteiger partial charge in [-0.1, -0.05) is 12.7 Å². The van der Waals surface area contributed by atoms with Gasteiger partial charge in [0.05, 0.1) is 12.0 Å². The number of anilines is 1. The van der Waals surface area contributed by atoms with Gasteiger partial charge in [-0.15, -0.1) is 0 Å². The molecule has 0 bridgehead atoms. The number of nitro groups is 1. The van der Waals surface area contributed by atoms with Gasteiger partial charge < -0.3 is 14.5 Å². The number of hydrogen-bond acceptors (Lipinski definition) is 6. The van der Waals surface area contributed by atoms with E-state index in [4.69, 9.17) is 4.74 Å². The fourth-order valence-corrected chi connectivity index (χ4v) is 3.98. The number of benzene rings is 1. The minimum Gasteiger partial charge on any atom is -0.490 e. The Morgan fingerprint density at radius 2 is 1.85 bits per heavy atom. The Kier molecular flexibility index (Phi) is 5.78. The maximum absolute atomic E-state index is 11.2. The van der Waals surface area contributed by atoms with E-state index in [0.29, 0.717) is 11.8 Å². The van der Waals surface area contributed by atoms with E-state index in [1.165, 1.54) is 7.11 Å². The van der Waals surface area contributed by atoms with Crippen LogP contribution in [-0.4, -0.2) is 74.2 Å². The van der Waals surface area contributed by atoms with Crippen molar-refractivity contribution in [3.05, 3.63) is 34.4 Å². The molecule has 1 aromatic carbocycles. The molecule has 2 fully saturated rings.